The zero-order valence-electron chi connectivity index (χ0n) is 23.2. The van der Waals surface area contributed by atoms with Gasteiger partial charge >= 0.3 is 11.9 Å². The number of aliphatic hydroxyl groups is 3. The smallest absolute Gasteiger partial charge is 0.334 e. The fourth-order valence-electron chi connectivity index (χ4n) is 7.57. The van der Waals surface area contributed by atoms with Gasteiger partial charge in [0, 0.05) is 22.6 Å². The van der Waals surface area contributed by atoms with E-state index in [-0.39, 0.29) is 29.8 Å². The largest absolute Gasteiger partial charge is 0.458 e. The van der Waals surface area contributed by atoms with E-state index in [4.69, 9.17) is 9.47 Å². The minimum atomic E-state index is -2.05. The van der Waals surface area contributed by atoms with Crippen molar-refractivity contribution in [2.45, 2.75) is 85.7 Å². The van der Waals surface area contributed by atoms with E-state index in [2.05, 4.69) is 13.8 Å². The summed E-state index contributed by atoms with van der Waals surface area (Å²) in [4.78, 5) is 25.7. The zero-order chi connectivity index (χ0) is 27.7. The molecule has 0 amide bonds. The molecule has 2 bridgehead atoms. The molecule has 4 aliphatic rings. The van der Waals surface area contributed by atoms with Gasteiger partial charge in [0.2, 0.25) is 0 Å². The Kier molecular flexibility index (Phi) is 6.92. The molecule has 0 aromatic carbocycles. The lowest BCUT2D eigenvalue weighted by Gasteiger charge is -2.52. The maximum atomic E-state index is 13.1. The van der Waals surface area contributed by atoms with Gasteiger partial charge in [0.25, 0.3) is 0 Å². The third kappa shape index (κ3) is 3.80. The molecule has 0 radical (unpaired) electrons. The van der Waals surface area contributed by atoms with E-state index in [1.54, 1.807) is 46.8 Å². The van der Waals surface area contributed by atoms with Crippen LogP contribution in [0.4, 0.5) is 0 Å². The summed E-state index contributed by atoms with van der Waals surface area (Å²) in [6.07, 6.45) is 3.93. The fourth-order valence-corrected chi connectivity index (χ4v) is 7.57. The molecule has 0 saturated heterocycles. The lowest BCUT2D eigenvalue weighted by Crippen LogP contribution is -2.67. The van der Waals surface area contributed by atoms with Gasteiger partial charge < -0.3 is 24.8 Å². The van der Waals surface area contributed by atoms with Crippen molar-refractivity contribution in [2.24, 2.45) is 34.5 Å². The van der Waals surface area contributed by atoms with Crippen molar-refractivity contribution < 1.29 is 34.4 Å². The van der Waals surface area contributed by atoms with Crippen molar-refractivity contribution >= 4 is 11.9 Å². The Morgan fingerprint density at radius 1 is 1.11 bits per heavy atom. The number of carbonyl (C=O) groups excluding carboxylic acids is 2. The summed E-state index contributed by atoms with van der Waals surface area (Å²) in [5.74, 6) is -1.31. The van der Waals surface area contributed by atoms with E-state index in [1.807, 2.05) is 19.1 Å². The Hall–Kier alpha value is -2.22. The van der Waals surface area contributed by atoms with Gasteiger partial charge in [-0.3, -0.25) is 0 Å². The predicted octanol–water partition coefficient (Wildman–Crippen LogP) is 3.64. The maximum absolute atomic E-state index is 13.1. The van der Waals surface area contributed by atoms with Gasteiger partial charge in [-0.15, -0.1) is 0 Å². The molecule has 3 N–H and O–H groups in total. The summed E-state index contributed by atoms with van der Waals surface area (Å²) in [5, 5.41) is 36.3. The van der Waals surface area contributed by atoms with Crippen LogP contribution in [0.15, 0.2) is 46.6 Å². The number of aliphatic hydroxyl groups excluding tert-OH is 2. The van der Waals surface area contributed by atoms with E-state index in [1.165, 1.54) is 0 Å². The molecule has 0 aromatic rings. The Balaban J connectivity index is 1.92. The highest BCUT2D eigenvalue weighted by Gasteiger charge is 2.76. The van der Waals surface area contributed by atoms with Crippen LogP contribution in [0.2, 0.25) is 0 Å². The van der Waals surface area contributed by atoms with E-state index < -0.39 is 41.3 Å². The Labute approximate surface area is 219 Å². The molecule has 4 rings (SSSR count). The highest BCUT2D eigenvalue weighted by molar-refractivity contribution is 5.88. The van der Waals surface area contributed by atoms with Crippen molar-refractivity contribution in [1.29, 1.82) is 0 Å². The third-order valence-electron chi connectivity index (χ3n) is 10.1. The first-order valence-electron chi connectivity index (χ1n) is 13.3. The van der Waals surface area contributed by atoms with Crippen molar-refractivity contribution in [3.05, 3.63) is 46.6 Å². The molecule has 2 saturated carbocycles. The number of ether oxygens (including phenoxy) is 2. The molecule has 7 heteroatoms. The number of rotatable bonds is 5. The molecular weight excluding hydrogens is 472 g/mol. The number of carbonyl (C=O) groups is 2. The van der Waals surface area contributed by atoms with Crippen molar-refractivity contribution in [3.63, 3.8) is 0 Å². The second-order valence-electron chi connectivity index (χ2n) is 12.2. The van der Waals surface area contributed by atoms with E-state index in [9.17, 15) is 24.9 Å². The number of esters is 2. The highest BCUT2D eigenvalue weighted by Crippen LogP contribution is 2.72. The van der Waals surface area contributed by atoms with Crippen LogP contribution >= 0.6 is 0 Å². The molecule has 7 nitrogen and oxygen atoms in total. The average molecular weight is 515 g/mol. The summed E-state index contributed by atoms with van der Waals surface area (Å²) in [6.45, 7) is 14.6. The SMILES string of the molecule is CC=C(C)C(=O)OCC1=CC2C3C(CC(C)C4(C=C(C)C(O)C4(O)C1OC(=O)C(C)=CC)C2O)C3(C)C. The van der Waals surface area contributed by atoms with Gasteiger partial charge in [-0.25, -0.2) is 9.59 Å². The highest BCUT2D eigenvalue weighted by atomic mass is 16.6. The predicted molar refractivity (Wildman–Crippen MR) is 139 cm³/mol. The Bertz CT molecular complexity index is 1110. The van der Waals surface area contributed by atoms with Gasteiger partial charge in [-0.1, -0.05) is 45.1 Å². The molecule has 37 heavy (non-hydrogen) atoms. The van der Waals surface area contributed by atoms with Gasteiger partial charge in [0.05, 0.1) is 11.5 Å². The zero-order valence-corrected chi connectivity index (χ0v) is 23.2. The van der Waals surface area contributed by atoms with Crippen LogP contribution in [0.3, 0.4) is 0 Å². The summed E-state index contributed by atoms with van der Waals surface area (Å²) in [6, 6.07) is 0. The van der Waals surface area contributed by atoms with Crippen LogP contribution in [0.25, 0.3) is 0 Å². The number of fused-ring (bicyclic) bond motifs is 3. The summed E-state index contributed by atoms with van der Waals surface area (Å²) < 4.78 is 11.6. The van der Waals surface area contributed by atoms with Crippen LogP contribution in [0.5, 0.6) is 0 Å². The molecule has 1 spiro atoms. The molecule has 2 fully saturated rings. The molecule has 204 valence electrons. The fraction of sp³-hybridized carbons (Fsp3) is 0.667. The molecule has 4 aliphatic carbocycles. The monoisotopic (exact) mass is 514 g/mol. The van der Waals surface area contributed by atoms with Crippen LogP contribution in [-0.4, -0.2) is 57.8 Å². The van der Waals surface area contributed by atoms with Gasteiger partial charge in [-0.05, 0) is 69.8 Å². The first-order chi connectivity index (χ1) is 17.2. The van der Waals surface area contributed by atoms with E-state index >= 15 is 0 Å². The quantitative estimate of drug-likeness (QED) is 0.292. The van der Waals surface area contributed by atoms with E-state index in [0.29, 0.717) is 28.2 Å². The standard InChI is InChI=1S/C30H42O7/c1-9-15(3)26(33)36-14-19-12-20-22-21(28(22,7)8)11-18(6)29(24(20)32)13-17(5)23(31)30(29,35)25(19)37-27(34)16(4)10-2/h9-10,12-13,18,20-25,31-32,35H,11,14H2,1-8H3. The normalized spacial score (nSPS) is 42.4. The average Bonchev–Trinajstić information content (AvgIpc) is 3.37. The second kappa shape index (κ2) is 9.21. The van der Waals surface area contributed by atoms with Gasteiger partial charge in [0.15, 0.2) is 6.10 Å². The third-order valence-corrected chi connectivity index (χ3v) is 10.1. The van der Waals surface area contributed by atoms with Crippen LogP contribution in [0.1, 0.15) is 61.8 Å². The Morgan fingerprint density at radius 3 is 2.30 bits per heavy atom. The molecule has 9 atom stereocenters. The van der Waals surface area contributed by atoms with Crippen LogP contribution in [0, 0.1) is 34.5 Å². The number of allylic oxidation sites excluding steroid dienone is 2. The van der Waals surface area contributed by atoms with Gasteiger partial charge in [-0.2, -0.15) is 0 Å². The molecule has 0 aromatic heterocycles. The summed E-state index contributed by atoms with van der Waals surface area (Å²) in [5.41, 5.74) is -1.67. The minimum Gasteiger partial charge on any atom is -0.458 e. The Morgan fingerprint density at radius 2 is 1.70 bits per heavy atom. The lowest BCUT2D eigenvalue weighted by molar-refractivity contribution is -0.224. The van der Waals surface area contributed by atoms with E-state index in [0.717, 1.165) is 6.42 Å². The summed E-state index contributed by atoms with van der Waals surface area (Å²) in [7, 11) is 0. The van der Waals surface area contributed by atoms with Crippen LogP contribution < -0.4 is 0 Å². The lowest BCUT2D eigenvalue weighted by atomic mass is 9.58. The molecule has 0 aliphatic heterocycles. The number of hydrogen-bond donors (Lipinski definition) is 3. The van der Waals surface area contributed by atoms with Crippen molar-refractivity contribution in [3.8, 4) is 0 Å². The topological polar surface area (TPSA) is 113 Å². The maximum Gasteiger partial charge on any atom is 0.334 e. The first-order valence-corrected chi connectivity index (χ1v) is 13.3. The summed E-state index contributed by atoms with van der Waals surface area (Å²) >= 11 is 0. The molecule has 0 heterocycles. The van der Waals surface area contributed by atoms with Crippen molar-refractivity contribution in [1.82, 2.24) is 0 Å². The number of hydrogen-bond acceptors (Lipinski definition) is 7. The minimum absolute atomic E-state index is 0.0204. The van der Waals surface area contributed by atoms with Gasteiger partial charge in [0.1, 0.15) is 18.3 Å². The second-order valence-corrected chi connectivity index (χ2v) is 12.2. The molecular formula is C30H42O7. The first kappa shape index (κ1) is 27.8. The molecule has 9 unspecified atom stereocenters. The van der Waals surface area contributed by atoms with Crippen molar-refractivity contribution in [2.75, 3.05) is 6.61 Å². The van der Waals surface area contributed by atoms with Crippen LogP contribution in [-0.2, 0) is 19.1 Å².